The normalized spacial score (nSPS) is 28.2. The lowest BCUT2D eigenvalue weighted by molar-refractivity contribution is -0.379. The summed E-state index contributed by atoms with van der Waals surface area (Å²) in [7, 11) is 0. The van der Waals surface area contributed by atoms with Crippen molar-refractivity contribution in [3.8, 4) is 0 Å². The summed E-state index contributed by atoms with van der Waals surface area (Å²) in [4.78, 5) is 13.3. The number of hydrogen-bond donors (Lipinski definition) is 12. The fraction of sp³-hybridized carbons (Fsp3) is 0.957. The van der Waals surface area contributed by atoms with E-state index in [-0.39, 0.29) is 18.9 Å². The van der Waals surface area contributed by atoms with Gasteiger partial charge in [-0.1, -0.05) is 283 Å². The fourth-order valence-corrected chi connectivity index (χ4v) is 12.7. The highest BCUT2D eigenvalue weighted by atomic mass is 16.8. The zero-order valence-electron chi connectivity index (χ0n) is 55.7. The Morgan fingerprint density at radius 2 is 0.697 bits per heavy atom. The highest BCUT2D eigenvalue weighted by molar-refractivity contribution is 5.76. The van der Waals surface area contributed by atoms with Crippen LogP contribution in [0.1, 0.15) is 296 Å². The van der Waals surface area contributed by atoms with Crippen molar-refractivity contribution in [2.75, 3.05) is 26.4 Å². The summed E-state index contributed by atoms with van der Waals surface area (Å²) in [5.41, 5.74) is 0. The summed E-state index contributed by atoms with van der Waals surface area (Å²) in [6.45, 7) is 1.70. The zero-order chi connectivity index (χ0) is 64.7. The van der Waals surface area contributed by atoms with Crippen LogP contribution >= 0.6 is 0 Å². The Kier molecular flexibility index (Phi) is 48.5. The van der Waals surface area contributed by atoms with Gasteiger partial charge in [0.25, 0.3) is 0 Å². The number of carbonyl (C=O) groups excluding carboxylic acids is 1. The molecule has 0 aliphatic carbocycles. The van der Waals surface area contributed by atoms with Gasteiger partial charge >= 0.3 is 0 Å². The maximum absolute atomic E-state index is 13.3. The molecule has 3 fully saturated rings. The molecule has 3 aliphatic rings. The van der Waals surface area contributed by atoms with E-state index >= 15 is 0 Å². The van der Waals surface area contributed by atoms with Crippen LogP contribution in [0.25, 0.3) is 0 Å². The average molecular weight is 1280 g/mol. The molecular weight excluding hydrogens is 1140 g/mol. The molecule has 3 rings (SSSR count). The molecule has 19 nitrogen and oxygen atoms in total. The van der Waals surface area contributed by atoms with Crippen LogP contribution in [-0.2, 0) is 33.2 Å². The van der Waals surface area contributed by atoms with Gasteiger partial charge in [-0.2, -0.15) is 0 Å². The lowest BCUT2D eigenvalue weighted by Crippen LogP contribution is -2.66. The quantitative estimate of drug-likeness (QED) is 0.0199. The van der Waals surface area contributed by atoms with Gasteiger partial charge < -0.3 is 89.9 Å². The molecule has 0 aromatic rings. The molecule has 1 amide bonds. The third kappa shape index (κ3) is 34.7. The van der Waals surface area contributed by atoms with Crippen molar-refractivity contribution in [1.82, 2.24) is 5.32 Å². The smallest absolute Gasteiger partial charge is 0.220 e. The van der Waals surface area contributed by atoms with Crippen molar-refractivity contribution in [3.05, 3.63) is 12.2 Å². The van der Waals surface area contributed by atoms with Gasteiger partial charge in [-0.25, -0.2) is 0 Å². The zero-order valence-corrected chi connectivity index (χ0v) is 55.7. The van der Waals surface area contributed by atoms with Gasteiger partial charge in [-0.05, 0) is 19.3 Å². The van der Waals surface area contributed by atoms with Crippen LogP contribution in [0.2, 0.25) is 0 Å². The number of aliphatic hydroxyl groups is 11. The second-order valence-electron chi connectivity index (χ2n) is 26.4. The molecule has 526 valence electrons. The first-order valence-electron chi connectivity index (χ1n) is 36.4. The highest BCUT2D eigenvalue weighted by Gasteiger charge is 2.53. The summed E-state index contributed by atoms with van der Waals surface area (Å²) in [5, 5.41) is 120. The number of hydrogen-bond acceptors (Lipinski definition) is 18. The number of ether oxygens (including phenoxy) is 6. The molecule has 0 aromatic carbocycles. The van der Waals surface area contributed by atoms with Gasteiger partial charge in [0.15, 0.2) is 18.9 Å². The van der Waals surface area contributed by atoms with Crippen LogP contribution in [0.5, 0.6) is 0 Å². The van der Waals surface area contributed by atoms with Crippen molar-refractivity contribution < 1.29 is 89.4 Å². The van der Waals surface area contributed by atoms with E-state index in [0.717, 1.165) is 51.4 Å². The van der Waals surface area contributed by atoms with Crippen molar-refractivity contribution >= 4 is 5.91 Å². The van der Waals surface area contributed by atoms with Crippen molar-refractivity contribution in [1.29, 1.82) is 0 Å². The van der Waals surface area contributed by atoms with E-state index in [9.17, 15) is 61.0 Å². The summed E-state index contributed by atoms with van der Waals surface area (Å²) < 4.78 is 34.2. The SMILES string of the molecule is CCCCCCCC/C=C/C(O)C(COC1OC(CO)C(OC2OC(CO)C(OC3OC(CO)C(O)C(O)C3O)C(O)C2O)C(O)C1O)NC(=O)CCCCCCCCCCCCCCCCCCCCCCCCCCCCCCCCCCCCCC. The van der Waals surface area contributed by atoms with Crippen LogP contribution in [-0.4, -0.2) is 193 Å². The van der Waals surface area contributed by atoms with Gasteiger partial charge in [0.05, 0.1) is 38.6 Å². The minimum Gasteiger partial charge on any atom is -0.394 e. The van der Waals surface area contributed by atoms with Gasteiger partial charge in [0.1, 0.15) is 73.2 Å². The van der Waals surface area contributed by atoms with Crippen molar-refractivity contribution in [2.24, 2.45) is 0 Å². The number of amides is 1. The van der Waals surface area contributed by atoms with Gasteiger partial charge in [-0.15, -0.1) is 0 Å². The van der Waals surface area contributed by atoms with Crippen LogP contribution in [0, 0.1) is 0 Å². The standard InChI is InChI=1S/C70H133NO18/c1-3-5-7-9-11-13-14-15-16-17-18-19-20-21-22-23-24-25-26-27-28-29-30-31-32-33-34-35-36-37-38-39-40-42-44-46-48-58(76)71-53(54(75)47-45-43-41-12-10-8-6-4-2)52-84-68-64(82)61(79)66(56(50-73)86-68)89-70-65(83)62(80)67(57(51-74)87-70)88-69-63(81)60(78)59(77)55(49-72)85-69/h45,47,53-57,59-70,72-75,77-83H,3-44,46,48-52H2,1-2H3,(H,71,76)/b47-45+. The molecule has 0 bridgehead atoms. The van der Waals surface area contributed by atoms with Gasteiger partial charge in [0, 0.05) is 6.42 Å². The molecule has 3 saturated heterocycles. The van der Waals surface area contributed by atoms with Gasteiger partial charge in [-0.3, -0.25) is 4.79 Å². The fourth-order valence-electron chi connectivity index (χ4n) is 12.7. The number of unbranched alkanes of at least 4 members (excludes halogenated alkanes) is 41. The summed E-state index contributed by atoms with van der Waals surface area (Å²) in [5.74, 6) is -0.273. The maximum Gasteiger partial charge on any atom is 0.220 e. The van der Waals surface area contributed by atoms with E-state index in [1.54, 1.807) is 6.08 Å². The Hall–Kier alpha value is -1.47. The molecule has 17 unspecified atom stereocenters. The molecule has 3 heterocycles. The Labute approximate surface area is 537 Å². The topological polar surface area (TPSA) is 307 Å². The molecule has 0 saturated carbocycles. The number of nitrogens with one attached hydrogen (secondary N) is 1. The number of rotatable bonds is 57. The van der Waals surface area contributed by atoms with Crippen LogP contribution in [0.3, 0.4) is 0 Å². The Morgan fingerprint density at radius 3 is 1.06 bits per heavy atom. The first-order chi connectivity index (χ1) is 43.3. The molecule has 17 atom stereocenters. The largest absolute Gasteiger partial charge is 0.394 e. The number of aliphatic hydroxyl groups excluding tert-OH is 11. The number of carbonyl (C=O) groups is 1. The third-order valence-electron chi connectivity index (χ3n) is 18.6. The molecule has 19 heteroatoms. The molecule has 0 radical (unpaired) electrons. The second-order valence-corrected chi connectivity index (χ2v) is 26.4. The first-order valence-corrected chi connectivity index (χ1v) is 36.4. The van der Waals surface area contributed by atoms with Crippen molar-refractivity contribution in [3.63, 3.8) is 0 Å². The monoisotopic (exact) mass is 1280 g/mol. The minimum absolute atomic E-state index is 0.249. The highest BCUT2D eigenvalue weighted by Crippen LogP contribution is 2.33. The lowest BCUT2D eigenvalue weighted by Gasteiger charge is -2.48. The van der Waals surface area contributed by atoms with E-state index < -0.39 is 124 Å². The van der Waals surface area contributed by atoms with E-state index in [1.165, 1.54) is 218 Å². The van der Waals surface area contributed by atoms with Crippen LogP contribution < -0.4 is 5.32 Å². The average Bonchev–Trinajstić information content (AvgIpc) is 2.25. The predicted octanol–water partition coefficient (Wildman–Crippen LogP) is 10.1. The summed E-state index contributed by atoms with van der Waals surface area (Å²) in [6, 6.07) is -0.966. The number of allylic oxidation sites excluding steroid dienone is 1. The minimum atomic E-state index is -1.97. The molecule has 3 aliphatic heterocycles. The summed E-state index contributed by atoms with van der Waals surface area (Å²) in [6.07, 6.45) is 32.8. The van der Waals surface area contributed by atoms with E-state index in [2.05, 4.69) is 19.2 Å². The van der Waals surface area contributed by atoms with E-state index in [0.29, 0.717) is 6.42 Å². The van der Waals surface area contributed by atoms with Crippen LogP contribution in [0.15, 0.2) is 12.2 Å². The Morgan fingerprint density at radius 1 is 0.393 bits per heavy atom. The second kappa shape index (κ2) is 52.8. The Bertz CT molecular complexity index is 1670. The van der Waals surface area contributed by atoms with E-state index in [4.69, 9.17) is 28.4 Å². The van der Waals surface area contributed by atoms with E-state index in [1.807, 2.05) is 6.08 Å². The summed E-state index contributed by atoms with van der Waals surface area (Å²) >= 11 is 0. The first kappa shape index (κ1) is 81.8. The molecule has 0 spiro atoms. The molecule has 12 N–H and O–H groups in total. The Balaban J connectivity index is 1.26. The van der Waals surface area contributed by atoms with Crippen molar-refractivity contribution in [2.45, 2.75) is 401 Å². The maximum atomic E-state index is 13.3. The molecular formula is C70H133NO18. The van der Waals surface area contributed by atoms with Gasteiger partial charge in [0.2, 0.25) is 5.91 Å². The van der Waals surface area contributed by atoms with Crippen LogP contribution in [0.4, 0.5) is 0 Å². The predicted molar refractivity (Wildman–Crippen MR) is 347 cm³/mol. The lowest BCUT2D eigenvalue weighted by atomic mass is 9.96. The third-order valence-corrected chi connectivity index (χ3v) is 18.6. The molecule has 0 aromatic heterocycles. The molecule has 89 heavy (non-hydrogen) atoms.